The van der Waals surface area contributed by atoms with E-state index in [1.54, 1.807) is 18.4 Å². The molecule has 10 heteroatoms. The van der Waals surface area contributed by atoms with Gasteiger partial charge in [-0.15, -0.1) is 24.0 Å². The standard InChI is InChI=1S/C21H24FN7O.HI/c1-2-25-21(27-14-17-5-4-12-30-17)26-11-3-6-19-18(13-23)20(24)29(28-19)16-9-7-15(22)8-10-16;/h4-5,7-10,12H,2-3,6,11,14,24H2,1H3,(H2,25,26,27);1H. The van der Waals surface area contributed by atoms with Crippen LogP contribution in [0.25, 0.3) is 5.69 Å². The molecule has 0 spiro atoms. The molecular weight excluding hydrogens is 512 g/mol. The van der Waals surface area contributed by atoms with E-state index in [1.807, 2.05) is 19.1 Å². The number of rotatable bonds is 8. The number of nitrogens with zero attached hydrogens (tertiary/aromatic N) is 4. The molecule has 8 nitrogen and oxygen atoms in total. The van der Waals surface area contributed by atoms with Gasteiger partial charge in [0.05, 0.1) is 17.6 Å². The Morgan fingerprint density at radius 2 is 2.06 bits per heavy atom. The van der Waals surface area contributed by atoms with Crippen LogP contribution < -0.4 is 16.4 Å². The molecule has 0 aliphatic carbocycles. The molecule has 0 amide bonds. The van der Waals surface area contributed by atoms with Gasteiger partial charge in [-0.2, -0.15) is 10.4 Å². The number of aliphatic imine (C=N–C) groups is 1. The van der Waals surface area contributed by atoms with Gasteiger partial charge in [0.25, 0.3) is 0 Å². The van der Waals surface area contributed by atoms with Crippen molar-refractivity contribution in [1.29, 1.82) is 5.26 Å². The van der Waals surface area contributed by atoms with Crippen molar-refractivity contribution < 1.29 is 8.81 Å². The van der Waals surface area contributed by atoms with Crippen molar-refractivity contribution >= 4 is 35.8 Å². The van der Waals surface area contributed by atoms with Gasteiger partial charge in [-0.3, -0.25) is 0 Å². The van der Waals surface area contributed by atoms with E-state index in [0.29, 0.717) is 42.4 Å². The van der Waals surface area contributed by atoms with Crippen molar-refractivity contribution in [3.05, 3.63) is 65.5 Å². The van der Waals surface area contributed by atoms with E-state index in [-0.39, 0.29) is 35.6 Å². The molecule has 0 aliphatic heterocycles. The fourth-order valence-electron chi connectivity index (χ4n) is 2.92. The van der Waals surface area contributed by atoms with Crippen molar-refractivity contribution in [2.45, 2.75) is 26.3 Å². The van der Waals surface area contributed by atoms with Crippen LogP contribution in [0.1, 0.15) is 30.4 Å². The fourth-order valence-corrected chi connectivity index (χ4v) is 2.92. The maximum atomic E-state index is 13.2. The summed E-state index contributed by atoms with van der Waals surface area (Å²) in [6, 6.07) is 11.6. The van der Waals surface area contributed by atoms with Gasteiger partial charge in [0, 0.05) is 13.1 Å². The van der Waals surface area contributed by atoms with E-state index in [4.69, 9.17) is 10.2 Å². The molecule has 2 aromatic heterocycles. The van der Waals surface area contributed by atoms with Gasteiger partial charge in [-0.05, 0) is 56.2 Å². The molecule has 3 aromatic rings. The second-order valence-electron chi connectivity index (χ2n) is 6.51. The Morgan fingerprint density at radius 1 is 1.29 bits per heavy atom. The number of guanidine groups is 1. The van der Waals surface area contributed by atoms with Crippen molar-refractivity contribution in [3.63, 3.8) is 0 Å². The maximum absolute atomic E-state index is 13.2. The zero-order valence-corrected chi connectivity index (χ0v) is 19.5. The van der Waals surface area contributed by atoms with Gasteiger partial charge >= 0.3 is 0 Å². The summed E-state index contributed by atoms with van der Waals surface area (Å²) in [6.07, 6.45) is 2.90. The number of hydrogen-bond donors (Lipinski definition) is 3. The third kappa shape index (κ3) is 6.45. The Hall–Kier alpha value is -3.07. The monoisotopic (exact) mass is 537 g/mol. The largest absolute Gasteiger partial charge is 0.467 e. The number of nitrogens with one attached hydrogen (secondary N) is 2. The lowest BCUT2D eigenvalue weighted by molar-refractivity contribution is 0.512. The number of aromatic nitrogens is 2. The lowest BCUT2D eigenvalue weighted by Crippen LogP contribution is -2.37. The van der Waals surface area contributed by atoms with Gasteiger partial charge in [0.2, 0.25) is 0 Å². The van der Waals surface area contributed by atoms with Crippen LogP contribution >= 0.6 is 24.0 Å². The highest BCUT2D eigenvalue weighted by Gasteiger charge is 2.16. The van der Waals surface area contributed by atoms with Gasteiger partial charge in [0.15, 0.2) is 5.96 Å². The van der Waals surface area contributed by atoms with Crippen LogP contribution in [0.4, 0.5) is 10.2 Å². The number of nitrogen functional groups attached to an aromatic ring is 1. The SMILES string of the molecule is CCNC(=NCc1ccco1)NCCCc1nn(-c2ccc(F)cc2)c(N)c1C#N.I. The van der Waals surface area contributed by atoms with Gasteiger partial charge < -0.3 is 20.8 Å². The molecule has 0 radical (unpaired) electrons. The Morgan fingerprint density at radius 3 is 2.71 bits per heavy atom. The summed E-state index contributed by atoms with van der Waals surface area (Å²) >= 11 is 0. The van der Waals surface area contributed by atoms with Gasteiger partial charge in [-0.25, -0.2) is 14.1 Å². The first kappa shape index (κ1) is 24.2. The van der Waals surface area contributed by atoms with Gasteiger partial charge in [0.1, 0.15) is 35.6 Å². The van der Waals surface area contributed by atoms with Gasteiger partial charge in [-0.1, -0.05) is 0 Å². The van der Waals surface area contributed by atoms with Crippen molar-refractivity contribution in [1.82, 2.24) is 20.4 Å². The lowest BCUT2D eigenvalue weighted by atomic mass is 10.1. The van der Waals surface area contributed by atoms with E-state index >= 15 is 0 Å². The topological polar surface area (TPSA) is 117 Å². The highest BCUT2D eigenvalue weighted by atomic mass is 127. The average molecular weight is 537 g/mol. The molecule has 31 heavy (non-hydrogen) atoms. The van der Waals surface area contributed by atoms with Crippen LogP contribution in [0.5, 0.6) is 0 Å². The molecule has 4 N–H and O–H groups in total. The number of hydrogen-bond acceptors (Lipinski definition) is 5. The molecule has 0 atom stereocenters. The lowest BCUT2D eigenvalue weighted by Gasteiger charge is -2.10. The van der Waals surface area contributed by atoms with E-state index in [0.717, 1.165) is 18.7 Å². The third-order valence-corrected chi connectivity index (χ3v) is 4.38. The zero-order chi connectivity index (χ0) is 21.3. The number of anilines is 1. The molecule has 1 aromatic carbocycles. The van der Waals surface area contributed by atoms with Crippen LogP contribution in [0, 0.1) is 17.1 Å². The Bertz CT molecular complexity index is 1020. The molecule has 0 aliphatic rings. The van der Waals surface area contributed by atoms with Crippen LogP contribution in [0.2, 0.25) is 0 Å². The molecule has 2 heterocycles. The average Bonchev–Trinajstić information content (AvgIpc) is 3.37. The Labute approximate surface area is 197 Å². The predicted molar refractivity (Wildman–Crippen MR) is 128 cm³/mol. The molecule has 0 saturated carbocycles. The van der Waals surface area contributed by atoms with Crippen LogP contribution in [-0.4, -0.2) is 28.8 Å². The minimum Gasteiger partial charge on any atom is -0.467 e. The Balaban J connectivity index is 0.00000341. The molecule has 0 saturated heterocycles. The fraction of sp³-hybridized carbons (Fsp3) is 0.286. The van der Waals surface area contributed by atoms with E-state index in [9.17, 15) is 9.65 Å². The quantitative estimate of drug-likeness (QED) is 0.176. The molecule has 0 bridgehead atoms. The number of nitriles is 1. The Kier molecular flexibility index (Phi) is 9.33. The maximum Gasteiger partial charge on any atom is 0.191 e. The third-order valence-electron chi connectivity index (χ3n) is 4.38. The van der Waals surface area contributed by atoms with E-state index in [1.165, 1.54) is 16.8 Å². The molecule has 0 fully saturated rings. The molecule has 0 unspecified atom stereocenters. The summed E-state index contributed by atoms with van der Waals surface area (Å²) in [5, 5.41) is 20.4. The predicted octanol–water partition coefficient (Wildman–Crippen LogP) is 3.36. The summed E-state index contributed by atoms with van der Waals surface area (Å²) in [5.41, 5.74) is 7.65. The molecule has 164 valence electrons. The number of aryl methyl sites for hydroxylation is 1. The molecule has 3 rings (SSSR count). The highest BCUT2D eigenvalue weighted by Crippen LogP contribution is 2.21. The summed E-state index contributed by atoms with van der Waals surface area (Å²) in [7, 11) is 0. The normalized spacial score (nSPS) is 10.9. The minimum atomic E-state index is -0.346. The van der Waals surface area contributed by atoms with Crippen LogP contribution in [0.3, 0.4) is 0 Å². The highest BCUT2D eigenvalue weighted by molar-refractivity contribution is 14.0. The first-order valence-electron chi connectivity index (χ1n) is 9.70. The molecular formula is C21H25FIN7O. The van der Waals surface area contributed by atoms with E-state index < -0.39 is 0 Å². The van der Waals surface area contributed by atoms with Crippen LogP contribution in [-0.2, 0) is 13.0 Å². The van der Waals surface area contributed by atoms with E-state index in [2.05, 4.69) is 26.8 Å². The van der Waals surface area contributed by atoms with Crippen molar-refractivity contribution in [2.24, 2.45) is 4.99 Å². The second kappa shape index (κ2) is 11.9. The number of furan rings is 1. The second-order valence-corrected chi connectivity index (χ2v) is 6.51. The summed E-state index contributed by atoms with van der Waals surface area (Å²) in [4.78, 5) is 4.48. The smallest absolute Gasteiger partial charge is 0.191 e. The van der Waals surface area contributed by atoms with Crippen LogP contribution in [0.15, 0.2) is 52.1 Å². The first-order chi connectivity index (χ1) is 14.6. The number of nitrogens with two attached hydrogens (primary N) is 1. The summed E-state index contributed by atoms with van der Waals surface area (Å²) in [6.45, 7) is 3.81. The number of benzene rings is 1. The zero-order valence-electron chi connectivity index (χ0n) is 17.1. The number of halogens is 2. The van der Waals surface area contributed by atoms with Crippen molar-refractivity contribution in [3.8, 4) is 11.8 Å². The first-order valence-corrected chi connectivity index (χ1v) is 9.70. The summed E-state index contributed by atoms with van der Waals surface area (Å²) < 4.78 is 19.9. The minimum absolute atomic E-state index is 0. The summed E-state index contributed by atoms with van der Waals surface area (Å²) in [5.74, 6) is 1.38. The van der Waals surface area contributed by atoms with Crippen molar-refractivity contribution in [2.75, 3.05) is 18.8 Å².